The van der Waals surface area contributed by atoms with Crippen molar-refractivity contribution in [2.45, 2.75) is 93.5 Å². The van der Waals surface area contributed by atoms with Gasteiger partial charge in [0.2, 0.25) is 0 Å². The van der Waals surface area contributed by atoms with Crippen LogP contribution in [0.1, 0.15) is 86.6 Å². The third-order valence-corrected chi connectivity index (χ3v) is 4.15. The zero-order valence-corrected chi connectivity index (χ0v) is 18.7. The molecular weight excluding hydrogens is 334 g/mol. The van der Waals surface area contributed by atoms with Crippen LogP contribution in [0.4, 0.5) is 0 Å². The summed E-state index contributed by atoms with van der Waals surface area (Å²) in [6.45, 7) is 15.3. The highest BCUT2D eigenvalue weighted by Crippen LogP contribution is 2.21. The van der Waals surface area contributed by atoms with Gasteiger partial charge in [0.25, 0.3) is 0 Å². The first-order chi connectivity index (χ1) is 12.8. The van der Waals surface area contributed by atoms with E-state index in [0.717, 1.165) is 19.6 Å². The van der Waals surface area contributed by atoms with Crippen LogP contribution in [0.15, 0.2) is 30.3 Å². The lowest BCUT2D eigenvalue weighted by atomic mass is 9.94. The molecule has 1 fully saturated rings. The zero-order chi connectivity index (χ0) is 20.6. The van der Waals surface area contributed by atoms with Gasteiger partial charge in [0, 0.05) is 19.8 Å². The van der Waals surface area contributed by atoms with Crippen LogP contribution in [-0.2, 0) is 6.42 Å². The normalized spacial score (nSPS) is 12.4. The van der Waals surface area contributed by atoms with E-state index < -0.39 is 0 Å². The third kappa shape index (κ3) is 19.7. The van der Waals surface area contributed by atoms with Crippen LogP contribution in [0.5, 0.6) is 0 Å². The number of nitrogens with zero attached hydrogens (tertiary/aromatic N) is 1. The van der Waals surface area contributed by atoms with Gasteiger partial charge in [-0.3, -0.25) is 0 Å². The van der Waals surface area contributed by atoms with Crippen molar-refractivity contribution in [2.75, 3.05) is 26.8 Å². The maximum absolute atomic E-state index is 8.52. The van der Waals surface area contributed by atoms with Gasteiger partial charge >= 0.3 is 0 Å². The summed E-state index contributed by atoms with van der Waals surface area (Å²) in [6.07, 6.45) is 8.05. The summed E-state index contributed by atoms with van der Waals surface area (Å²) in [4.78, 5) is 2.61. The van der Waals surface area contributed by atoms with Gasteiger partial charge in [-0.1, -0.05) is 98.6 Å². The Hall–Kier alpha value is -0.900. The van der Waals surface area contributed by atoms with E-state index in [1.165, 1.54) is 50.8 Å². The van der Waals surface area contributed by atoms with E-state index in [0.29, 0.717) is 0 Å². The molecule has 0 heterocycles. The minimum absolute atomic E-state index is 0. The second-order valence-corrected chi connectivity index (χ2v) is 5.47. The topological polar surface area (TPSA) is 43.7 Å². The number of benzene rings is 1. The Balaban J connectivity index is -0.000000150. The average molecular weight is 386 g/mol. The fraction of sp³-hybridized carbons (Fsp3) is 0.750. The zero-order valence-electron chi connectivity index (χ0n) is 18.7. The summed E-state index contributed by atoms with van der Waals surface area (Å²) in [7, 11) is 1.00. The molecule has 3 nitrogen and oxygen atoms in total. The Labute approximate surface area is 171 Å². The maximum atomic E-state index is 8.52. The fourth-order valence-electron chi connectivity index (χ4n) is 2.96. The quantitative estimate of drug-likeness (QED) is 0.636. The van der Waals surface area contributed by atoms with Crippen LogP contribution in [0.2, 0.25) is 0 Å². The Morgan fingerprint density at radius 1 is 0.852 bits per heavy atom. The first kappa shape index (κ1) is 33.7. The molecule has 1 aromatic rings. The highest BCUT2D eigenvalue weighted by molar-refractivity contribution is 5.14. The molecule has 0 aromatic heterocycles. The number of rotatable bonds is 5. The second kappa shape index (κ2) is 29.8. The second-order valence-electron chi connectivity index (χ2n) is 5.47. The van der Waals surface area contributed by atoms with E-state index in [1.54, 1.807) is 0 Å². The van der Waals surface area contributed by atoms with E-state index in [1.807, 2.05) is 58.0 Å². The third-order valence-electron chi connectivity index (χ3n) is 4.15. The molecule has 0 unspecified atom stereocenters. The van der Waals surface area contributed by atoms with Gasteiger partial charge in [0.15, 0.2) is 0 Å². The van der Waals surface area contributed by atoms with Crippen molar-refractivity contribution in [3.63, 3.8) is 0 Å². The standard InChI is InChI=1S/C10H21N.C8H10O.2C2H6.CH4O.CH4/c1-3-11(4-2)10-8-6-5-7-9-10;9-7-6-8-4-2-1-3-5-8;3*1-2;/h10H,3-9H2,1-2H3;1-5,9H,6-7H2;2*1-2H3;2H,1H3;1H4. The molecule has 2 N–H and O–H groups in total. The number of aliphatic hydroxyl groups is 2. The van der Waals surface area contributed by atoms with E-state index >= 15 is 0 Å². The molecule has 1 aliphatic carbocycles. The van der Waals surface area contributed by atoms with Crippen molar-refractivity contribution in [1.82, 2.24) is 4.90 Å². The number of aliphatic hydroxyl groups excluding tert-OH is 2. The van der Waals surface area contributed by atoms with Crippen LogP contribution in [0.25, 0.3) is 0 Å². The molecule has 164 valence electrons. The Morgan fingerprint density at radius 3 is 1.67 bits per heavy atom. The van der Waals surface area contributed by atoms with Gasteiger partial charge in [0.1, 0.15) is 0 Å². The molecular formula is C24H51NO2. The lowest BCUT2D eigenvalue weighted by Gasteiger charge is -2.32. The number of hydrogen-bond acceptors (Lipinski definition) is 3. The fourth-order valence-corrected chi connectivity index (χ4v) is 2.96. The monoisotopic (exact) mass is 385 g/mol. The van der Waals surface area contributed by atoms with E-state index in [2.05, 4.69) is 18.7 Å². The highest BCUT2D eigenvalue weighted by atomic mass is 16.3. The Morgan fingerprint density at radius 2 is 1.30 bits per heavy atom. The van der Waals surface area contributed by atoms with Gasteiger partial charge in [-0.2, -0.15) is 0 Å². The predicted octanol–water partition coefficient (Wildman–Crippen LogP) is 6.18. The number of hydrogen-bond donors (Lipinski definition) is 2. The summed E-state index contributed by atoms with van der Waals surface area (Å²) in [5, 5.41) is 15.5. The molecule has 0 amide bonds. The molecule has 0 aliphatic heterocycles. The minimum atomic E-state index is 0. The van der Waals surface area contributed by atoms with Crippen LogP contribution in [0.3, 0.4) is 0 Å². The van der Waals surface area contributed by atoms with Crippen molar-refractivity contribution in [3.05, 3.63) is 35.9 Å². The summed E-state index contributed by atoms with van der Waals surface area (Å²) >= 11 is 0. The van der Waals surface area contributed by atoms with Gasteiger partial charge in [-0.05, 0) is 37.9 Å². The first-order valence-electron chi connectivity index (χ1n) is 10.6. The van der Waals surface area contributed by atoms with E-state index in [4.69, 9.17) is 10.2 Å². The molecule has 3 heteroatoms. The van der Waals surface area contributed by atoms with Gasteiger partial charge in [-0.25, -0.2) is 0 Å². The van der Waals surface area contributed by atoms with Gasteiger partial charge in [-0.15, -0.1) is 0 Å². The highest BCUT2D eigenvalue weighted by Gasteiger charge is 2.17. The minimum Gasteiger partial charge on any atom is -0.400 e. The van der Waals surface area contributed by atoms with Crippen molar-refractivity contribution in [2.24, 2.45) is 0 Å². The first-order valence-corrected chi connectivity index (χ1v) is 10.6. The van der Waals surface area contributed by atoms with E-state index in [9.17, 15) is 0 Å². The largest absolute Gasteiger partial charge is 0.400 e. The average Bonchev–Trinajstić information content (AvgIpc) is 2.76. The van der Waals surface area contributed by atoms with Crippen molar-refractivity contribution in [1.29, 1.82) is 0 Å². The SMILES string of the molecule is C.CC.CC.CCN(CC)C1CCCCC1.CO.OCCc1ccccc1. The lowest BCUT2D eigenvalue weighted by Crippen LogP contribution is -2.36. The molecule has 0 atom stereocenters. The lowest BCUT2D eigenvalue weighted by molar-refractivity contribution is 0.172. The Kier molecular flexibility index (Phi) is 37.2. The summed E-state index contributed by atoms with van der Waals surface area (Å²) in [5.74, 6) is 0. The summed E-state index contributed by atoms with van der Waals surface area (Å²) in [5.41, 5.74) is 1.19. The van der Waals surface area contributed by atoms with Crippen LogP contribution in [-0.4, -0.2) is 48.0 Å². The molecule has 0 spiro atoms. The Bertz CT molecular complexity index is 320. The molecule has 1 aliphatic rings. The van der Waals surface area contributed by atoms with Crippen molar-refractivity contribution < 1.29 is 10.2 Å². The summed E-state index contributed by atoms with van der Waals surface area (Å²) < 4.78 is 0. The van der Waals surface area contributed by atoms with Crippen LogP contribution >= 0.6 is 0 Å². The van der Waals surface area contributed by atoms with Gasteiger partial charge < -0.3 is 15.1 Å². The van der Waals surface area contributed by atoms with Crippen molar-refractivity contribution in [3.8, 4) is 0 Å². The molecule has 0 radical (unpaired) electrons. The van der Waals surface area contributed by atoms with Crippen LogP contribution in [0, 0.1) is 0 Å². The van der Waals surface area contributed by atoms with Gasteiger partial charge in [0.05, 0.1) is 0 Å². The summed E-state index contributed by atoms with van der Waals surface area (Å²) in [6, 6.07) is 10.9. The maximum Gasteiger partial charge on any atom is 0.0471 e. The van der Waals surface area contributed by atoms with E-state index in [-0.39, 0.29) is 14.0 Å². The molecule has 27 heavy (non-hydrogen) atoms. The molecule has 1 saturated carbocycles. The molecule has 2 rings (SSSR count). The van der Waals surface area contributed by atoms with Crippen LogP contribution < -0.4 is 0 Å². The predicted molar refractivity (Wildman–Crippen MR) is 125 cm³/mol. The van der Waals surface area contributed by atoms with Crippen molar-refractivity contribution >= 4 is 0 Å². The molecule has 1 aromatic carbocycles. The molecule has 0 saturated heterocycles. The smallest absolute Gasteiger partial charge is 0.0471 e. The molecule has 0 bridgehead atoms.